The molecule has 1 fully saturated rings. The van der Waals surface area contributed by atoms with Gasteiger partial charge in [-0.05, 0) is 60.2 Å². The number of nitrogens with one attached hydrogen (secondary N) is 1. The average molecular weight is 443 g/mol. The smallest absolute Gasteiger partial charge is 0.300 e. The molecule has 166 valence electrons. The van der Waals surface area contributed by atoms with Crippen molar-refractivity contribution in [1.29, 1.82) is 0 Å². The SMILES string of the molecule is COc1ccc(/C(O)=C2\C(=O)C(=O)N(c3cccc(NC(C)=O)c3)C2c2ccncc2)cc1. The highest BCUT2D eigenvalue weighted by Crippen LogP contribution is 2.42. The highest BCUT2D eigenvalue weighted by molar-refractivity contribution is 6.51. The van der Waals surface area contributed by atoms with Crippen LogP contribution in [0.25, 0.3) is 5.76 Å². The lowest BCUT2D eigenvalue weighted by Gasteiger charge is -2.25. The number of pyridine rings is 1. The number of aliphatic hydroxyl groups excluding tert-OH is 1. The molecule has 8 heteroatoms. The minimum absolute atomic E-state index is 0.0405. The Morgan fingerprint density at radius 2 is 1.76 bits per heavy atom. The van der Waals surface area contributed by atoms with Gasteiger partial charge < -0.3 is 15.2 Å². The van der Waals surface area contributed by atoms with E-state index in [0.29, 0.717) is 28.3 Å². The molecule has 0 aliphatic carbocycles. The third-order valence-electron chi connectivity index (χ3n) is 5.27. The minimum atomic E-state index is -0.886. The first-order valence-corrected chi connectivity index (χ1v) is 10.1. The number of aliphatic hydroxyl groups is 1. The fourth-order valence-electron chi connectivity index (χ4n) is 3.80. The van der Waals surface area contributed by atoms with Gasteiger partial charge >= 0.3 is 0 Å². The molecular weight excluding hydrogens is 422 g/mol. The van der Waals surface area contributed by atoms with Gasteiger partial charge in [-0.1, -0.05) is 6.07 Å². The Kier molecular flexibility index (Phi) is 5.91. The van der Waals surface area contributed by atoms with Crippen LogP contribution in [0, 0.1) is 0 Å². The van der Waals surface area contributed by atoms with Crippen molar-refractivity contribution < 1.29 is 24.2 Å². The van der Waals surface area contributed by atoms with Crippen LogP contribution in [0.5, 0.6) is 5.75 Å². The van der Waals surface area contributed by atoms with E-state index >= 15 is 0 Å². The predicted octanol–water partition coefficient (Wildman–Crippen LogP) is 3.67. The molecule has 2 heterocycles. The second-order valence-corrected chi connectivity index (χ2v) is 7.41. The van der Waals surface area contributed by atoms with E-state index in [1.807, 2.05) is 0 Å². The molecule has 2 amide bonds. The summed E-state index contributed by atoms with van der Waals surface area (Å²) in [7, 11) is 1.53. The van der Waals surface area contributed by atoms with E-state index in [1.54, 1.807) is 73.1 Å². The molecule has 0 bridgehead atoms. The Labute approximate surface area is 190 Å². The molecule has 0 spiro atoms. The number of aromatic nitrogens is 1. The quantitative estimate of drug-likeness (QED) is 0.354. The van der Waals surface area contributed by atoms with Crippen LogP contribution in [0.15, 0.2) is 78.6 Å². The molecule has 1 aromatic heterocycles. The molecule has 1 saturated heterocycles. The van der Waals surface area contributed by atoms with Gasteiger partial charge in [0.1, 0.15) is 11.5 Å². The summed E-state index contributed by atoms with van der Waals surface area (Å²) < 4.78 is 5.15. The summed E-state index contributed by atoms with van der Waals surface area (Å²) in [6, 6.07) is 15.6. The summed E-state index contributed by atoms with van der Waals surface area (Å²) in [4.78, 5) is 43.2. The normalized spacial score (nSPS) is 17.2. The lowest BCUT2D eigenvalue weighted by molar-refractivity contribution is -0.132. The van der Waals surface area contributed by atoms with Crippen molar-refractivity contribution in [3.05, 3.63) is 89.8 Å². The van der Waals surface area contributed by atoms with Crippen LogP contribution < -0.4 is 15.0 Å². The van der Waals surface area contributed by atoms with Crippen LogP contribution in [0.2, 0.25) is 0 Å². The Hall–Kier alpha value is -4.46. The number of methoxy groups -OCH3 is 1. The summed E-state index contributed by atoms with van der Waals surface area (Å²) in [5.74, 6) is -1.56. The van der Waals surface area contributed by atoms with Crippen LogP contribution >= 0.6 is 0 Å². The topological polar surface area (TPSA) is 109 Å². The third kappa shape index (κ3) is 4.18. The molecule has 33 heavy (non-hydrogen) atoms. The van der Waals surface area contributed by atoms with Crippen molar-refractivity contribution in [3.8, 4) is 5.75 Å². The maximum absolute atomic E-state index is 13.2. The number of hydrogen-bond donors (Lipinski definition) is 2. The summed E-state index contributed by atoms with van der Waals surface area (Å²) in [6.45, 7) is 1.38. The zero-order valence-corrected chi connectivity index (χ0v) is 18.0. The van der Waals surface area contributed by atoms with E-state index in [0.717, 1.165) is 0 Å². The van der Waals surface area contributed by atoms with Crippen molar-refractivity contribution in [2.75, 3.05) is 17.3 Å². The van der Waals surface area contributed by atoms with E-state index in [9.17, 15) is 19.5 Å². The molecule has 1 aliphatic heterocycles. The Balaban J connectivity index is 1.88. The largest absolute Gasteiger partial charge is 0.507 e. The highest BCUT2D eigenvalue weighted by atomic mass is 16.5. The molecule has 1 atom stereocenters. The number of Topliss-reactive ketones (excluding diaryl/α,β-unsaturated/α-hetero) is 1. The summed E-state index contributed by atoms with van der Waals surface area (Å²) in [5.41, 5.74) is 1.81. The monoisotopic (exact) mass is 443 g/mol. The van der Waals surface area contributed by atoms with Gasteiger partial charge in [-0.15, -0.1) is 0 Å². The Morgan fingerprint density at radius 3 is 2.39 bits per heavy atom. The highest BCUT2D eigenvalue weighted by Gasteiger charge is 2.47. The molecule has 0 radical (unpaired) electrons. The van der Waals surface area contributed by atoms with Crippen molar-refractivity contribution in [2.45, 2.75) is 13.0 Å². The number of carbonyl (C=O) groups excluding carboxylic acids is 3. The number of carbonyl (C=O) groups is 3. The molecule has 2 N–H and O–H groups in total. The van der Waals surface area contributed by atoms with E-state index < -0.39 is 17.7 Å². The molecular formula is C25H21N3O5. The number of amides is 2. The number of nitrogens with zero attached hydrogens (tertiary/aromatic N) is 2. The molecule has 8 nitrogen and oxygen atoms in total. The second kappa shape index (κ2) is 8.96. The van der Waals surface area contributed by atoms with Crippen LogP contribution in [0.1, 0.15) is 24.1 Å². The van der Waals surface area contributed by atoms with E-state index in [2.05, 4.69) is 10.3 Å². The van der Waals surface area contributed by atoms with E-state index in [1.165, 1.54) is 18.9 Å². The van der Waals surface area contributed by atoms with Crippen LogP contribution in [0.4, 0.5) is 11.4 Å². The zero-order valence-electron chi connectivity index (χ0n) is 18.0. The zero-order chi connectivity index (χ0) is 23.5. The van der Waals surface area contributed by atoms with Crippen molar-refractivity contribution in [1.82, 2.24) is 4.98 Å². The summed E-state index contributed by atoms with van der Waals surface area (Å²) in [5, 5.41) is 13.8. The first kappa shape index (κ1) is 21.8. The van der Waals surface area contributed by atoms with Crippen LogP contribution in [0.3, 0.4) is 0 Å². The van der Waals surface area contributed by atoms with Gasteiger partial charge in [-0.2, -0.15) is 0 Å². The van der Waals surface area contributed by atoms with Gasteiger partial charge in [0.25, 0.3) is 11.7 Å². The van der Waals surface area contributed by atoms with Crippen molar-refractivity contribution >= 4 is 34.7 Å². The first-order valence-electron chi connectivity index (χ1n) is 10.1. The van der Waals surface area contributed by atoms with E-state index in [4.69, 9.17) is 4.74 Å². The second-order valence-electron chi connectivity index (χ2n) is 7.41. The number of benzene rings is 2. The van der Waals surface area contributed by atoms with Gasteiger partial charge in [0.2, 0.25) is 5.91 Å². The molecule has 0 saturated carbocycles. The van der Waals surface area contributed by atoms with Gasteiger partial charge in [-0.3, -0.25) is 24.3 Å². The predicted molar refractivity (Wildman–Crippen MR) is 123 cm³/mol. The fourth-order valence-corrected chi connectivity index (χ4v) is 3.80. The van der Waals surface area contributed by atoms with Gasteiger partial charge in [-0.25, -0.2) is 0 Å². The molecule has 1 unspecified atom stereocenters. The summed E-state index contributed by atoms with van der Waals surface area (Å²) >= 11 is 0. The lowest BCUT2D eigenvalue weighted by atomic mass is 9.95. The third-order valence-corrected chi connectivity index (χ3v) is 5.27. The number of anilines is 2. The molecule has 1 aliphatic rings. The number of hydrogen-bond acceptors (Lipinski definition) is 6. The minimum Gasteiger partial charge on any atom is -0.507 e. The van der Waals surface area contributed by atoms with Crippen molar-refractivity contribution in [3.63, 3.8) is 0 Å². The Morgan fingerprint density at radius 1 is 1.06 bits per heavy atom. The molecule has 2 aromatic carbocycles. The average Bonchev–Trinajstić information content (AvgIpc) is 3.09. The number of rotatable bonds is 5. The lowest BCUT2D eigenvalue weighted by Crippen LogP contribution is -2.29. The van der Waals surface area contributed by atoms with Crippen LogP contribution in [-0.4, -0.2) is 34.8 Å². The van der Waals surface area contributed by atoms with Crippen LogP contribution in [-0.2, 0) is 14.4 Å². The van der Waals surface area contributed by atoms with Gasteiger partial charge in [0.15, 0.2) is 0 Å². The number of ketones is 1. The Bertz CT molecular complexity index is 1250. The van der Waals surface area contributed by atoms with E-state index in [-0.39, 0.29) is 17.2 Å². The summed E-state index contributed by atoms with van der Waals surface area (Å²) in [6.07, 6.45) is 3.10. The standard InChI is InChI=1S/C25H21N3O5/c1-15(29)27-18-4-3-5-19(14-18)28-22(16-10-12-26-13-11-16)21(24(31)25(28)32)23(30)17-6-8-20(33-2)9-7-17/h3-14,22,30H,1-2H3,(H,27,29)/b23-21+. The maximum atomic E-state index is 13.2. The van der Waals surface area contributed by atoms with Gasteiger partial charge in [0, 0.05) is 36.3 Å². The first-order chi connectivity index (χ1) is 15.9. The van der Waals surface area contributed by atoms with Crippen molar-refractivity contribution in [2.24, 2.45) is 0 Å². The fraction of sp³-hybridized carbons (Fsp3) is 0.120. The number of ether oxygens (including phenoxy) is 1. The maximum Gasteiger partial charge on any atom is 0.300 e. The molecule has 4 rings (SSSR count). The molecule has 3 aromatic rings. The van der Waals surface area contributed by atoms with Gasteiger partial charge in [0.05, 0.1) is 18.7 Å².